The summed E-state index contributed by atoms with van der Waals surface area (Å²) >= 11 is 0. The van der Waals surface area contributed by atoms with Crippen molar-refractivity contribution in [3.63, 3.8) is 0 Å². The summed E-state index contributed by atoms with van der Waals surface area (Å²) in [6.45, 7) is 1.44. The lowest BCUT2D eigenvalue weighted by Gasteiger charge is -2.17. The van der Waals surface area contributed by atoms with E-state index in [1.165, 1.54) is 12.1 Å². The third-order valence-electron chi connectivity index (χ3n) is 2.73. The first-order valence-corrected chi connectivity index (χ1v) is 4.77. The Morgan fingerprint density at radius 2 is 2.00 bits per heavy atom. The molecule has 1 aromatic carbocycles. The van der Waals surface area contributed by atoms with Crippen LogP contribution in [0.25, 0.3) is 0 Å². The number of nitrogens with two attached hydrogens (primary N) is 1. The summed E-state index contributed by atoms with van der Waals surface area (Å²) in [5.74, 6) is 0.149. The molecule has 14 heavy (non-hydrogen) atoms. The van der Waals surface area contributed by atoms with Gasteiger partial charge in [0.15, 0.2) is 0 Å². The Morgan fingerprint density at radius 3 is 2.64 bits per heavy atom. The normalized spacial score (nSPS) is 26.7. The van der Waals surface area contributed by atoms with E-state index in [1.807, 2.05) is 17.4 Å². The highest BCUT2D eigenvalue weighted by Gasteiger charge is 2.29. The Bertz CT molecular complexity index is 299. The van der Waals surface area contributed by atoms with E-state index >= 15 is 0 Å². The fourth-order valence-corrected chi connectivity index (χ4v) is 1.86. The first-order chi connectivity index (χ1) is 6.81. The second-order valence-corrected chi connectivity index (χ2v) is 3.60. The van der Waals surface area contributed by atoms with Crippen LogP contribution in [0.5, 0.6) is 0 Å². The standard InChI is InChI=1S/C11H14FNO/c1-13-11-7-14-6-10(11)8-2-4-9(12)5-3-8/h2-5,10-11H,1,6-7,13H2/t10-,11-/m1/s1. The van der Waals surface area contributed by atoms with Crippen LogP contribution in [0.1, 0.15) is 11.5 Å². The molecule has 1 aliphatic rings. The van der Waals surface area contributed by atoms with Crippen molar-refractivity contribution in [3.8, 4) is 0 Å². The summed E-state index contributed by atoms with van der Waals surface area (Å²) in [5, 5.41) is 1.92. The SMILES string of the molecule is [CH2-][NH2+][C@@H]1COC[C@@H]1c1ccc(F)cc1. The molecule has 2 N–H and O–H groups in total. The van der Waals surface area contributed by atoms with Crippen molar-refractivity contribution in [3.05, 3.63) is 42.7 Å². The fourth-order valence-electron chi connectivity index (χ4n) is 1.86. The third-order valence-corrected chi connectivity index (χ3v) is 2.73. The average molecular weight is 195 g/mol. The van der Waals surface area contributed by atoms with Crippen LogP contribution in [-0.4, -0.2) is 19.3 Å². The van der Waals surface area contributed by atoms with Crippen molar-refractivity contribution in [1.82, 2.24) is 0 Å². The minimum Gasteiger partial charge on any atom is -0.474 e. The highest BCUT2D eigenvalue weighted by atomic mass is 19.1. The second-order valence-electron chi connectivity index (χ2n) is 3.60. The van der Waals surface area contributed by atoms with Crippen molar-refractivity contribution in [2.45, 2.75) is 12.0 Å². The highest BCUT2D eigenvalue weighted by molar-refractivity contribution is 5.22. The Balaban J connectivity index is 2.17. The predicted octanol–water partition coefficient (Wildman–Crippen LogP) is 0.663. The summed E-state index contributed by atoms with van der Waals surface area (Å²) in [4.78, 5) is 0. The molecule has 0 spiro atoms. The van der Waals surface area contributed by atoms with E-state index in [4.69, 9.17) is 4.74 Å². The van der Waals surface area contributed by atoms with Crippen molar-refractivity contribution in [1.29, 1.82) is 0 Å². The molecule has 3 heteroatoms. The van der Waals surface area contributed by atoms with E-state index < -0.39 is 0 Å². The van der Waals surface area contributed by atoms with Crippen molar-refractivity contribution in [2.24, 2.45) is 0 Å². The molecule has 1 heterocycles. The predicted molar refractivity (Wildman–Crippen MR) is 51.0 cm³/mol. The van der Waals surface area contributed by atoms with Gasteiger partial charge in [-0.2, -0.15) is 7.05 Å². The Kier molecular flexibility index (Phi) is 2.79. The Labute approximate surface area is 83.1 Å². The number of benzene rings is 1. The van der Waals surface area contributed by atoms with E-state index in [-0.39, 0.29) is 5.82 Å². The van der Waals surface area contributed by atoms with E-state index in [9.17, 15) is 4.39 Å². The van der Waals surface area contributed by atoms with E-state index in [0.29, 0.717) is 18.6 Å². The first kappa shape index (κ1) is 9.62. The quantitative estimate of drug-likeness (QED) is 0.689. The van der Waals surface area contributed by atoms with Gasteiger partial charge in [-0.15, -0.1) is 0 Å². The molecule has 0 unspecified atom stereocenters. The molecule has 0 aromatic heterocycles. The molecule has 2 nitrogen and oxygen atoms in total. The van der Waals surface area contributed by atoms with E-state index in [2.05, 4.69) is 7.05 Å². The summed E-state index contributed by atoms with van der Waals surface area (Å²) in [7, 11) is 3.78. The van der Waals surface area contributed by atoms with Gasteiger partial charge in [0.05, 0.1) is 25.2 Å². The molecule has 0 aliphatic carbocycles. The van der Waals surface area contributed by atoms with Gasteiger partial charge in [-0.1, -0.05) is 12.1 Å². The molecule has 2 atom stereocenters. The number of ether oxygens (including phenoxy) is 1. The van der Waals surface area contributed by atoms with Crippen LogP contribution >= 0.6 is 0 Å². The van der Waals surface area contributed by atoms with Crippen LogP contribution in [0.2, 0.25) is 0 Å². The Hall–Kier alpha value is -0.930. The lowest BCUT2D eigenvalue weighted by molar-refractivity contribution is -0.633. The van der Waals surface area contributed by atoms with Gasteiger partial charge in [0.25, 0.3) is 0 Å². The molecule has 0 saturated carbocycles. The molecule has 1 saturated heterocycles. The van der Waals surface area contributed by atoms with Crippen molar-refractivity contribution >= 4 is 0 Å². The third kappa shape index (κ3) is 1.79. The van der Waals surface area contributed by atoms with Gasteiger partial charge in [-0.05, 0) is 17.7 Å². The molecular formula is C11H14FNO. The van der Waals surface area contributed by atoms with Gasteiger partial charge in [0.1, 0.15) is 5.82 Å². The summed E-state index contributed by atoms with van der Waals surface area (Å²) in [6, 6.07) is 7.00. The van der Waals surface area contributed by atoms with Gasteiger partial charge in [-0.25, -0.2) is 4.39 Å². The van der Waals surface area contributed by atoms with Crippen molar-refractivity contribution < 1.29 is 14.4 Å². The van der Waals surface area contributed by atoms with Crippen molar-refractivity contribution in [2.75, 3.05) is 13.2 Å². The summed E-state index contributed by atoms with van der Waals surface area (Å²) in [6.07, 6.45) is 0. The molecule has 2 rings (SSSR count). The smallest absolute Gasteiger partial charge is 0.123 e. The zero-order valence-electron chi connectivity index (χ0n) is 7.95. The first-order valence-electron chi connectivity index (χ1n) is 4.77. The molecule has 1 fully saturated rings. The van der Waals surface area contributed by atoms with E-state index in [1.54, 1.807) is 0 Å². The Morgan fingerprint density at radius 1 is 1.29 bits per heavy atom. The van der Waals surface area contributed by atoms with Crippen LogP contribution in [0.4, 0.5) is 4.39 Å². The molecule has 0 radical (unpaired) electrons. The van der Waals surface area contributed by atoms with Gasteiger partial charge >= 0.3 is 0 Å². The molecular weight excluding hydrogens is 181 g/mol. The molecule has 1 aromatic rings. The fraction of sp³-hybridized carbons (Fsp3) is 0.364. The minimum atomic E-state index is -0.192. The van der Waals surface area contributed by atoms with Gasteiger partial charge in [-0.3, -0.25) is 0 Å². The van der Waals surface area contributed by atoms with E-state index in [0.717, 1.165) is 12.2 Å². The number of hydrogen-bond donors (Lipinski definition) is 1. The second kappa shape index (κ2) is 4.07. The number of halogens is 1. The summed E-state index contributed by atoms with van der Waals surface area (Å²) in [5.41, 5.74) is 1.13. The monoisotopic (exact) mass is 195 g/mol. The number of hydrogen-bond acceptors (Lipinski definition) is 1. The number of quaternary nitrogens is 1. The zero-order chi connectivity index (χ0) is 9.97. The zero-order valence-corrected chi connectivity index (χ0v) is 7.95. The van der Waals surface area contributed by atoms with Crippen LogP contribution < -0.4 is 5.32 Å². The lowest BCUT2D eigenvalue weighted by Crippen LogP contribution is -2.85. The molecule has 1 aliphatic heterocycles. The molecule has 0 bridgehead atoms. The largest absolute Gasteiger partial charge is 0.474 e. The summed E-state index contributed by atoms with van der Waals surface area (Å²) < 4.78 is 18.1. The average Bonchev–Trinajstić information content (AvgIpc) is 2.67. The maximum atomic E-state index is 12.7. The topological polar surface area (TPSA) is 25.8 Å². The van der Waals surface area contributed by atoms with Crippen LogP contribution in [0, 0.1) is 12.9 Å². The molecule has 76 valence electrons. The highest BCUT2D eigenvalue weighted by Crippen LogP contribution is 2.23. The lowest BCUT2D eigenvalue weighted by atomic mass is 9.94. The maximum Gasteiger partial charge on any atom is 0.123 e. The maximum absolute atomic E-state index is 12.7. The number of rotatable bonds is 2. The van der Waals surface area contributed by atoms with Gasteiger partial charge in [0.2, 0.25) is 0 Å². The molecule has 0 amide bonds. The van der Waals surface area contributed by atoms with Gasteiger partial charge < -0.3 is 10.1 Å². The minimum absolute atomic E-state index is 0.192. The van der Waals surface area contributed by atoms with Crippen LogP contribution in [0.3, 0.4) is 0 Å². The van der Waals surface area contributed by atoms with Crippen LogP contribution in [-0.2, 0) is 4.74 Å². The van der Waals surface area contributed by atoms with Gasteiger partial charge in [0, 0.05) is 0 Å². The van der Waals surface area contributed by atoms with Crippen LogP contribution in [0.15, 0.2) is 24.3 Å².